The van der Waals surface area contributed by atoms with Crippen LogP contribution in [0.25, 0.3) is 0 Å². The van der Waals surface area contributed by atoms with Crippen molar-refractivity contribution in [2.75, 3.05) is 0 Å². The van der Waals surface area contributed by atoms with Gasteiger partial charge in [0.2, 0.25) is 10.0 Å². The van der Waals surface area contributed by atoms with Crippen LogP contribution >= 0.6 is 0 Å². The Balaban J connectivity index is 2.46. The first-order chi connectivity index (χ1) is 8.27. The van der Waals surface area contributed by atoms with Crippen LogP contribution in [0.15, 0.2) is 17.0 Å². The summed E-state index contributed by atoms with van der Waals surface area (Å²) in [5, 5.41) is 9.01. The average molecular weight is 273 g/mol. The van der Waals surface area contributed by atoms with E-state index in [-0.39, 0.29) is 16.0 Å². The van der Waals surface area contributed by atoms with Gasteiger partial charge in [-0.1, -0.05) is 0 Å². The second-order valence-electron chi connectivity index (χ2n) is 5.03. The third kappa shape index (κ3) is 2.55. The molecule has 1 aliphatic carbocycles. The van der Waals surface area contributed by atoms with Crippen LogP contribution in [0, 0.1) is 12.7 Å². The first-order valence-electron chi connectivity index (χ1n) is 5.71. The molecule has 0 aromatic heterocycles. The minimum atomic E-state index is -3.74. The Labute approximate surface area is 106 Å². The van der Waals surface area contributed by atoms with E-state index in [1.54, 1.807) is 0 Å². The fourth-order valence-corrected chi connectivity index (χ4v) is 3.52. The van der Waals surface area contributed by atoms with Crippen LogP contribution in [-0.2, 0) is 16.6 Å². The van der Waals surface area contributed by atoms with Crippen LogP contribution < -0.4 is 4.72 Å². The van der Waals surface area contributed by atoms with E-state index in [0.717, 1.165) is 18.9 Å². The lowest BCUT2D eigenvalue weighted by atomic mass is 10.1. The molecule has 1 fully saturated rings. The molecule has 2 rings (SSSR count). The maximum atomic E-state index is 13.6. The molecule has 0 heterocycles. The fraction of sp³-hybridized carbons (Fsp3) is 0.500. The molecule has 100 valence electrons. The molecule has 1 aliphatic rings. The SMILES string of the molecule is Cc1c(F)cc(CO)cc1S(=O)(=O)NC1(C)CC1. The Bertz CT molecular complexity index is 579. The van der Waals surface area contributed by atoms with Gasteiger partial charge in [0.25, 0.3) is 0 Å². The number of rotatable bonds is 4. The van der Waals surface area contributed by atoms with Gasteiger partial charge in [-0.15, -0.1) is 0 Å². The van der Waals surface area contributed by atoms with Crippen molar-refractivity contribution in [1.29, 1.82) is 0 Å². The summed E-state index contributed by atoms with van der Waals surface area (Å²) in [6, 6.07) is 2.46. The molecule has 1 aromatic rings. The van der Waals surface area contributed by atoms with Crippen molar-refractivity contribution < 1.29 is 17.9 Å². The van der Waals surface area contributed by atoms with E-state index in [1.165, 1.54) is 13.0 Å². The summed E-state index contributed by atoms with van der Waals surface area (Å²) in [6.45, 7) is 2.84. The van der Waals surface area contributed by atoms with Crippen LogP contribution in [0.4, 0.5) is 4.39 Å². The number of hydrogen-bond acceptors (Lipinski definition) is 3. The lowest BCUT2D eigenvalue weighted by Gasteiger charge is -2.15. The van der Waals surface area contributed by atoms with Crippen molar-refractivity contribution in [2.24, 2.45) is 0 Å². The van der Waals surface area contributed by atoms with Crippen molar-refractivity contribution >= 4 is 10.0 Å². The Morgan fingerprint density at radius 1 is 1.44 bits per heavy atom. The zero-order valence-corrected chi connectivity index (χ0v) is 11.1. The topological polar surface area (TPSA) is 66.4 Å². The van der Waals surface area contributed by atoms with E-state index in [2.05, 4.69) is 4.72 Å². The number of nitrogens with one attached hydrogen (secondary N) is 1. The minimum absolute atomic E-state index is 0.0731. The second-order valence-corrected chi connectivity index (χ2v) is 6.68. The van der Waals surface area contributed by atoms with Crippen molar-refractivity contribution in [1.82, 2.24) is 4.72 Å². The van der Waals surface area contributed by atoms with Crippen molar-refractivity contribution in [3.05, 3.63) is 29.1 Å². The molecule has 0 radical (unpaired) electrons. The van der Waals surface area contributed by atoms with Gasteiger partial charge in [-0.25, -0.2) is 17.5 Å². The van der Waals surface area contributed by atoms with Crippen LogP contribution in [0.5, 0.6) is 0 Å². The molecule has 2 N–H and O–H groups in total. The Kier molecular flexibility index (Phi) is 3.21. The third-order valence-corrected chi connectivity index (χ3v) is 4.97. The summed E-state index contributed by atoms with van der Waals surface area (Å²) >= 11 is 0. The van der Waals surface area contributed by atoms with Crippen LogP contribution in [0.2, 0.25) is 0 Å². The molecule has 0 bridgehead atoms. The van der Waals surface area contributed by atoms with Crippen molar-refractivity contribution in [3.8, 4) is 0 Å². The zero-order valence-electron chi connectivity index (χ0n) is 10.3. The fourth-order valence-electron chi connectivity index (χ4n) is 1.75. The highest BCUT2D eigenvalue weighted by Gasteiger charge is 2.41. The summed E-state index contributed by atoms with van der Waals surface area (Å²) in [4.78, 5) is -0.0975. The highest BCUT2D eigenvalue weighted by Crippen LogP contribution is 2.36. The molecular weight excluding hydrogens is 257 g/mol. The Morgan fingerprint density at radius 3 is 2.56 bits per heavy atom. The van der Waals surface area contributed by atoms with Gasteiger partial charge >= 0.3 is 0 Å². The molecule has 6 heteroatoms. The molecule has 18 heavy (non-hydrogen) atoms. The largest absolute Gasteiger partial charge is 0.392 e. The lowest BCUT2D eigenvalue weighted by molar-refractivity contribution is 0.281. The minimum Gasteiger partial charge on any atom is -0.392 e. The normalized spacial score (nSPS) is 17.8. The lowest BCUT2D eigenvalue weighted by Crippen LogP contribution is -2.34. The van der Waals surface area contributed by atoms with Crippen LogP contribution in [-0.4, -0.2) is 19.1 Å². The molecule has 1 saturated carbocycles. The molecular formula is C12H16FNO3S. The number of halogens is 1. The summed E-state index contributed by atoms with van der Waals surface area (Å²) in [7, 11) is -3.74. The highest BCUT2D eigenvalue weighted by atomic mass is 32.2. The summed E-state index contributed by atoms with van der Waals surface area (Å²) in [6.07, 6.45) is 1.57. The summed E-state index contributed by atoms with van der Waals surface area (Å²) in [5.41, 5.74) is -0.0832. The average Bonchev–Trinajstić information content (AvgIpc) is 2.98. The van der Waals surface area contributed by atoms with Gasteiger partial charge in [0.15, 0.2) is 0 Å². The standard InChI is InChI=1S/C12H16FNO3S/c1-8-10(13)5-9(7-15)6-11(8)18(16,17)14-12(2)3-4-12/h5-6,14-15H,3-4,7H2,1-2H3. The van der Waals surface area contributed by atoms with E-state index in [1.807, 2.05) is 6.92 Å². The first kappa shape index (κ1) is 13.5. The smallest absolute Gasteiger partial charge is 0.241 e. The molecule has 0 amide bonds. The number of hydrogen-bond donors (Lipinski definition) is 2. The molecule has 0 aliphatic heterocycles. The zero-order chi connectivity index (χ0) is 13.6. The van der Waals surface area contributed by atoms with E-state index < -0.39 is 28.0 Å². The highest BCUT2D eigenvalue weighted by molar-refractivity contribution is 7.89. The molecule has 0 unspecified atom stereocenters. The molecule has 0 saturated heterocycles. The number of sulfonamides is 1. The molecule has 0 atom stereocenters. The first-order valence-corrected chi connectivity index (χ1v) is 7.20. The van der Waals surface area contributed by atoms with Gasteiger partial charge in [-0.05, 0) is 44.4 Å². The third-order valence-electron chi connectivity index (χ3n) is 3.21. The number of benzene rings is 1. The van der Waals surface area contributed by atoms with E-state index in [9.17, 15) is 12.8 Å². The van der Waals surface area contributed by atoms with Crippen molar-refractivity contribution in [3.63, 3.8) is 0 Å². The quantitative estimate of drug-likeness (QED) is 0.872. The second kappa shape index (κ2) is 4.29. The van der Waals surface area contributed by atoms with Crippen molar-refractivity contribution in [2.45, 2.75) is 43.7 Å². The maximum absolute atomic E-state index is 13.6. The van der Waals surface area contributed by atoms with E-state index in [0.29, 0.717) is 0 Å². The maximum Gasteiger partial charge on any atom is 0.241 e. The van der Waals surface area contributed by atoms with E-state index in [4.69, 9.17) is 5.11 Å². The van der Waals surface area contributed by atoms with Gasteiger partial charge in [0.05, 0.1) is 11.5 Å². The predicted octanol–water partition coefficient (Wildman–Crippen LogP) is 1.46. The monoisotopic (exact) mass is 273 g/mol. The van der Waals surface area contributed by atoms with E-state index >= 15 is 0 Å². The molecule has 4 nitrogen and oxygen atoms in total. The van der Waals surface area contributed by atoms with Gasteiger partial charge in [-0.2, -0.15) is 0 Å². The van der Waals surface area contributed by atoms with Crippen LogP contribution in [0.3, 0.4) is 0 Å². The van der Waals surface area contributed by atoms with Gasteiger partial charge in [-0.3, -0.25) is 0 Å². The predicted molar refractivity (Wildman–Crippen MR) is 65.0 cm³/mol. The summed E-state index contributed by atoms with van der Waals surface area (Å²) in [5.74, 6) is -0.622. The molecule has 1 aromatic carbocycles. The van der Waals surface area contributed by atoms with Crippen LogP contribution in [0.1, 0.15) is 30.9 Å². The summed E-state index contributed by atoms with van der Waals surface area (Å²) < 4.78 is 40.5. The van der Waals surface area contributed by atoms with Gasteiger partial charge in [0, 0.05) is 11.1 Å². The number of aliphatic hydroxyl groups is 1. The molecule has 0 spiro atoms. The van der Waals surface area contributed by atoms with Gasteiger partial charge < -0.3 is 5.11 Å². The van der Waals surface area contributed by atoms with Gasteiger partial charge in [0.1, 0.15) is 5.82 Å². The Morgan fingerprint density at radius 2 is 2.06 bits per heavy atom. The Hall–Kier alpha value is -0.980. The number of aliphatic hydroxyl groups excluding tert-OH is 1.